The lowest BCUT2D eigenvalue weighted by molar-refractivity contribution is -0.133. The van der Waals surface area contributed by atoms with Gasteiger partial charge in [-0.3, -0.25) is 9.36 Å². The van der Waals surface area contributed by atoms with Crippen LogP contribution in [0, 0.1) is 5.92 Å². The van der Waals surface area contributed by atoms with Gasteiger partial charge in [0.1, 0.15) is 11.6 Å². The summed E-state index contributed by atoms with van der Waals surface area (Å²) in [7, 11) is 3.25. The van der Waals surface area contributed by atoms with Crippen LogP contribution in [0.3, 0.4) is 0 Å². The number of piperidine rings is 1. The number of nitrogens with zero attached hydrogens (tertiary/aromatic N) is 5. The van der Waals surface area contributed by atoms with Crippen molar-refractivity contribution in [3.8, 4) is 28.7 Å². The molecule has 1 N–H and O–H groups in total. The molecule has 1 aliphatic carbocycles. The van der Waals surface area contributed by atoms with Gasteiger partial charge in [0.2, 0.25) is 11.9 Å². The van der Waals surface area contributed by atoms with Crippen LogP contribution in [0.1, 0.15) is 25.7 Å². The first-order valence-corrected chi connectivity index (χ1v) is 14.1. The Morgan fingerprint density at radius 2 is 1.73 bits per heavy atom. The average molecular weight is 549 g/mol. The topological polar surface area (TPSA) is 94.4 Å². The van der Waals surface area contributed by atoms with Gasteiger partial charge < -0.3 is 19.7 Å². The summed E-state index contributed by atoms with van der Waals surface area (Å²) in [5.74, 6) is 3.71. The van der Waals surface area contributed by atoms with Crippen molar-refractivity contribution in [2.75, 3.05) is 32.6 Å². The number of hydrogen-bond acceptors (Lipinski definition) is 7. The van der Waals surface area contributed by atoms with Gasteiger partial charge in [0.15, 0.2) is 11.5 Å². The molecule has 1 unspecified atom stereocenters. The summed E-state index contributed by atoms with van der Waals surface area (Å²) in [6.45, 7) is 1.51. The van der Waals surface area contributed by atoms with Gasteiger partial charge in [0, 0.05) is 48.9 Å². The molecule has 1 amide bonds. The molecular weight excluding hydrogens is 516 g/mol. The molecule has 1 saturated carbocycles. The third-order valence-electron chi connectivity index (χ3n) is 8.03. The summed E-state index contributed by atoms with van der Waals surface area (Å²) >= 11 is 0. The Bertz CT molecular complexity index is 1760. The monoisotopic (exact) mass is 548 g/mol. The molecule has 0 spiro atoms. The summed E-state index contributed by atoms with van der Waals surface area (Å²) < 4.78 is 13.3. The lowest BCUT2D eigenvalue weighted by Gasteiger charge is -2.33. The van der Waals surface area contributed by atoms with Crippen LogP contribution in [0.4, 0.5) is 5.95 Å². The van der Waals surface area contributed by atoms with E-state index in [2.05, 4.69) is 40.6 Å². The molecule has 2 aromatic heterocycles. The summed E-state index contributed by atoms with van der Waals surface area (Å²) in [6.07, 6.45) is 5.74. The highest BCUT2D eigenvalue weighted by molar-refractivity contribution is 5.90. The van der Waals surface area contributed by atoms with E-state index in [0.29, 0.717) is 35.7 Å². The number of anilines is 1. The fourth-order valence-electron chi connectivity index (χ4n) is 5.77. The molecule has 3 aromatic carbocycles. The minimum absolute atomic E-state index is 0.102. The lowest BCUT2D eigenvalue weighted by atomic mass is 10.1. The fraction of sp³-hybridized carbons (Fsp3) is 0.312. The zero-order chi connectivity index (χ0) is 27.9. The summed E-state index contributed by atoms with van der Waals surface area (Å²) in [5.41, 5.74) is 2.57. The van der Waals surface area contributed by atoms with Gasteiger partial charge in [-0.15, -0.1) is 0 Å². The molecule has 9 heteroatoms. The molecule has 9 nitrogen and oxygen atoms in total. The van der Waals surface area contributed by atoms with Crippen molar-refractivity contribution in [2.45, 2.75) is 31.7 Å². The lowest BCUT2D eigenvalue weighted by Crippen LogP contribution is -2.45. The second-order valence-electron chi connectivity index (χ2n) is 10.8. The van der Waals surface area contributed by atoms with Crippen molar-refractivity contribution in [1.29, 1.82) is 0 Å². The van der Waals surface area contributed by atoms with Crippen LogP contribution in [-0.2, 0) is 4.79 Å². The molecule has 1 atom stereocenters. The average Bonchev–Trinajstić information content (AvgIpc) is 3.80. The number of hydrogen-bond donors (Lipinski definition) is 1. The predicted octanol–water partition coefficient (Wildman–Crippen LogP) is 5.47. The van der Waals surface area contributed by atoms with Crippen molar-refractivity contribution in [1.82, 2.24) is 24.4 Å². The van der Waals surface area contributed by atoms with Gasteiger partial charge in [-0.2, -0.15) is 4.98 Å². The number of methoxy groups -OCH3 is 2. The highest BCUT2D eigenvalue weighted by atomic mass is 16.5. The molecule has 2 aliphatic rings. The second kappa shape index (κ2) is 10.4. The molecular formula is C32H32N6O3. The van der Waals surface area contributed by atoms with Crippen LogP contribution in [0.25, 0.3) is 39.0 Å². The number of nitrogens with one attached hydrogen (secondary N) is 1. The van der Waals surface area contributed by atoms with E-state index in [1.165, 1.54) is 0 Å². The number of benzene rings is 3. The third-order valence-corrected chi connectivity index (χ3v) is 8.03. The van der Waals surface area contributed by atoms with Crippen LogP contribution in [0.2, 0.25) is 0 Å². The van der Waals surface area contributed by atoms with Crippen molar-refractivity contribution in [2.24, 2.45) is 5.92 Å². The van der Waals surface area contributed by atoms with E-state index in [0.717, 1.165) is 65.4 Å². The number of ether oxygens (including phenoxy) is 2. The smallest absolute Gasteiger partial charge is 0.225 e. The number of aromatic nitrogens is 4. The van der Waals surface area contributed by atoms with Crippen LogP contribution < -0.4 is 14.8 Å². The first-order chi connectivity index (χ1) is 20.1. The Hall–Kier alpha value is -4.66. The molecule has 0 bridgehead atoms. The van der Waals surface area contributed by atoms with Crippen molar-refractivity contribution >= 4 is 33.7 Å². The minimum Gasteiger partial charge on any atom is -0.493 e. The van der Waals surface area contributed by atoms with E-state index < -0.39 is 0 Å². The summed E-state index contributed by atoms with van der Waals surface area (Å²) in [5, 5.41) is 5.80. The van der Waals surface area contributed by atoms with Gasteiger partial charge in [-0.25, -0.2) is 9.97 Å². The van der Waals surface area contributed by atoms with Crippen LogP contribution >= 0.6 is 0 Å². The van der Waals surface area contributed by atoms with Crippen molar-refractivity contribution < 1.29 is 14.3 Å². The number of rotatable bonds is 7. The first kappa shape index (κ1) is 25.3. The number of imidazole rings is 1. The Morgan fingerprint density at radius 1 is 0.927 bits per heavy atom. The van der Waals surface area contributed by atoms with Gasteiger partial charge >= 0.3 is 0 Å². The number of amides is 1. The summed E-state index contributed by atoms with van der Waals surface area (Å²) in [4.78, 5) is 29.2. The summed E-state index contributed by atoms with van der Waals surface area (Å²) in [6, 6.07) is 20.4. The molecule has 3 heterocycles. The molecule has 2 fully saturated rings. The molecule has 1 saturated heterocycles. The van der Waals surface area contributed by atoms with E-state index in [-0.39, 0.29) is 12.0 Å². The maximum Gasteiger partial charge on any atom is 0.225 e. The maximum atomic E-state index is 12.7. The normalized spacial score (nSPS) is 17.1. The standard InChI is InChI=1S/C32H32N6O3/c1-40-27-17-25-26(18-28(27)41-2)38(30(35-25)23-12-9-20-6-3-4-7-22(20)16-23)29-13-14-33-32(36-29)34-24-8-5-15-37(19-24)31(39)21-10-11-21/h3-4,6-7,9,12-14,16-18,21,24H,5,8,10-11,15,19H2,1-2H3,(H,33,34,36). The zero-order valence-electron chi connectivity index (χ0n) is 23.2. The maximum absolute atomic E-state index is 12.7. The van der Waals surface area contributed by atoms with Gasteiger partial charge in [-0.1, -0.05) is 36.4 Å². The number of carbonyl (C=O) groups excluding carboxylic acids is 1. The highest BCUT2D eigenvalue weighted by Crippen LogP contribution is 2.37. The van der Waals surface area contributed by atoms with Crippen LogP contribution in [0.15, 0.2) is 66.9 Å². The third kappa shape index (κ3) is 4.81. The van der Waals surface area contributed by atoms with Gasteiger partial charge in [0.25, 0.3) is 0 Å². The number of carbonyl (C=O) groups is 1. The molecule has 1 aliphatic heterocycles. The van der Waals surface area contributed by atoms with Crippen molar-refractivity contribution in [3.63, 3.8) is 0 Å². The van der Waals surface area contributed by atoms with E-state index in [4.69, 9.17) is 19.4 Å². The molecule has 208 valence electrons. The second-order valence-corrected chi connectivity index (χ2v) is 10.8. The molecule has 7 rings (SSSR count). The Labute approximate surface area is 238 Å². The largest absolute Gasteiger partial charge is 0.493 e. The SMILES string of the molecule is COc1cc2nc(-c3ccc4ccccc4c3)n(-c3ccnc(NC4CCCN(C(=O)C5CC5)C4)n3)c2cc1OC. The number of likely N-dealkylation sites (tertiary alicyclic amines) is 1. The van der Waals surface area contributed by atoms with Gasteiger partial charge in [-0.05, 0) is 48.6 Å². The highest BCUT2D eigenvalue weighted by Gasteiger charge is 2.35. The van der Waals surface area contributed by atoms with E-state index >= 15 is 0 Å². The van der Waals surface area contributed by atoms with Gasteiger partial charge in [0.05, 0.1) is 25.3 Å². The van der Waals surface area contributed by atoms with Crippen LogP contribution in [-0.4, -0.2) is 63.7 Å². The number of fused-ring (bicyclic) bond motifs is 2. The fourth-order valence-corrected chi connectivity index (χ4v) is 5.77. The van der Waals surface area contributed by atoms with E-state index in [1.807, 2.05) is 39.8 Å². The van der Waals surface area contributed by atoms with E-state index in [9.17, 15) is 4.79 Å². The zero-order valence-corrected chi connectivity index (χ0v) is 23.2. The quantitative estimate of drug-likeness (QED) is 0.288. The molecule has 0 radical (unpaired) electrons. The molecule has 41 heavy (non-hydrogen) atoms. The Kier molecular flexibility index (Phi) is 6.41. The first-order valence-electron chi connectivity index (χ1n) is 14.1. The van der Waals surface area contributed by atoms with Crippen LogP contribution in [0.5, 0.6) is 11.5 Å². The predicted molar refractivity (Wildman–Crippen MR) is 159 cm³/mol. The Morgan fingerprint density at radius 3 is 2.54 bits per heavy atom. The Balaban J connectivity index is 1.29. The minimum atomic E-state index is 0.102. The van der Waals surface area contributed by atoms with Crippen molar-refractivity contribution in [3.05, 3.63) is 66.9 Å². The molecule has 5 aromatic rings. The van der Waals surface area contributed by atoms with E-state index in [1.54, 1.807) is 20.4 Å².